The Balaban J connectivity index is 2.23. The number of imide groups is 1. The molecule has 5 nitrogen and oxygen atoms in total. The quantitative estimate of drug-likeness (QED) is 0.719. The molecule has 0 radical (unpaired) electrons. The van der Waals surface area contributed by atoms with Gasteiger partial charge in [0, 0.05) is 12.7 Å². The molecule has 1 saturated heterocycles. The van der Waals surface area contributed by atoms with Crippen LogP contribution in [-0.4, -0.2) is 34.9 Å². The third-order valence-corrected chi connectivity index (χ3v) is 2.43. The molecule has 1 aliphatic heterocycles. The molecular weight excluding hydrogens is 206 g/mol. The molecule has 0 N–H and O–H groups in total. The summed E-state index contributed by atoms with van der Waals surface area (Å²) in [6.45, 7) is 2.76. The van der Waals surface area contributed by atoms with Crippen LogP contribution in [0, 0.1) is 0 Å². The predicted octanol–water partition coefficient (Wildman–Crippen LogP) is 1.26. The van der Waals surface area contributed by atoms with Crippen LogP contribution in [0.1, 0.15) is 13.3 Å². The molecule has 1 aromatic rings. The molecular formula is C11H13N3O2. The molecule has 5 heteroatoms. The molecule has 0 saturated carbocycles. The highest BCUT2D eigenvalue weighted by molar-refractivity contribution is 6.19. The molecule has 0 aliphatic carbocycles. The van der Waals surface area contributed by atoms with Gasteiger partial charge in [0.1, 0.15) is 6.54 Å². The number of amides is 3. The summed E-state index contributed by atoms with van der Waals surface area (Å²) in [4.78, 5) is 30.3. The summed E-state index contributed by atoms with van der Waals surface area (Å²) in [6.07, 6.45) is 3.98. The maximum atomic E-state index is 11.9. The normalized spacial score (nSPS) is 16.1. The van der Waals surface area contributed by atoms with Crippen LogP contribution in [0.3, 0.4) is 0 Å². The molecule has 1 aliphatic rings. The van der Waals surface area contributed by atoms with Gasteiger partial charge >= 0.3 is 6.03 Å². The summed E-state index contributed by atoms with van der Waals surface area (Å²) in [5.41, 5.74) is 0.538. The van der Waals surface area contributed by atoms with Gasteiger partial charge in [0.25, 0.3) is 5.91 Å². The number of nitrogens with zero attached hydrogens (tertiary/aromatic N) is 3. The number of pyridine rings is 1. The molecule has 84 valence electrons. The van der Waals surface area contributed by atoms with Gasteiger partial charge in [-0.3, -0.25) is 9.78 Å². The summed E-state index contributed by atoms with van der Waals surface area (Å²) < 4.78 is 0. The van der Waals surface area contributed by atoms with E-state index in [0.29, 0.717) is 12.2 Å². The molecule has 0 atom stereocenters. The molecule has 2 heterocycles. The van der Waals surface area contributed by atoms with Gasteiger partial charge < -0.3 is 4.90 Å². The molecule has 16 heavy (non-hydrogen) atoms. The van der Waals surface area contributed by atoms with Crippen molar-refractivity contribution in [2.45, 2.75) is 13.3 Å². The van der Waals surface area contributed by atoms with E-state index in [1.165, 1.54) is 11.1 Å². The number of anilines is 1. The van der Waals surface area contributed by atoms with E-state index in [-0.39, 0.29) is 18.5 Å². The first kappa shape index (κ1) is 10.6. The third kappa shape index (κ3) is 1.76. The van der Waals surface area contributed by atoms with Gasteiger partial charge in [-0.2, -0.15) is 0 Å². The van der Waals surface area contributed by atoms with Crippen LogP contribution in [0.5, 0.6) is 0 Å². The number of carbonyl (C=O) groups is 2. The van der Waals surface area contributed by atoms with E-state index in [4.69, 9.17) is 0 Å². The smallest absolute Gasteiger partial charge is 0.315 e. The SMILES string of the molecule is CCCN1CC(=O)N(c2cccnc2)C1=O. The van der Waals surface area contributed by atoms with E-state index in [1.807, 2.05) is 6.92 Å². The van der Waals surface area contributed by atoms with Crippen molar-refractivity contribution in [3.05, 3.63) is 24.5 Å². The minimum atomic E-state index is -0.250. The fourth-order valence-corrected chi connectivity index (χ4v) is 1.73. The Morgan fingerprint density at radius 2 is 2.25 bits per heavy atom. The van der Waals surface area contributed by atoms with Crippen molar-refractivity contribution in [3.8, 4) is 0 Å². The first-order valence-electron chi connectivity index (χ1n) is 5.26. The number of hydrogen-bond acceptors (Lipinski definition) is 3. The average Bonchev–Trinajstić information content (AvgIpc) is 2.56. The van der Waals surface area contributed by atoms with Crippen molar-refractivity contribution in [1.29, 1.82) is 0 Å². The fourth-order valence-electron chi connectivity index (χ4n) is 1.73. The third-order valence-electron chi connectivity index (χ3n) is 2.43. The lowest BCUT2D eigenvalue weighted by atomic mass is 10.4. The van der Waals surface area contributed by atoms with Crippen molar-refractivity contribution in [1.82, 2.24) is 9.88 Å². The molecule has 2 rings (SSSR count). The molecule has 0 aromatic carbocycles. The minimum Gasteiger partial charge on any atom is -0.315 e. The zero-order chi connectivity index (χ0) is 11.5. The summed E-state index contributed by atoms with van der Waals surface area (Å²) in [5.74, 6) is -0.188. The second-order valence-corrected chi connectivity index (χ2v) is 3.64. The molecule has 3 amide bonds. The summed E-state index contributed by atoms with van der Waals surface area (Å²) >= 11 is 0. The van der Waals surface area contributed by atoms with E-state index in [2.05, 4.69) is 4.98 Å². The Morgan fingerprint density at radius 1 is 1.44 bits per heavy atom. The summed E-state index contributed by atoms with van der Waals surface area (Å²) in [7, 11) is 0. The van der Waals surface area contributed by atoms with E-state index in [0.717, 1.165) is 6.42 Å². The zero-order valence-electron chi connectivity index (χ0n) is 9.09. The topological polar surface area (TPSA) is 53.5 Å². The minimum absolute atomic E-state index is 0.168. The van der Waals surface area contributed by atoms with Crippen LogP contribution in [-0.2, 0) is 4.79 Å². The number of aromatic nitrogens is 1. The first-order valence-corrected chi connectivity index (χ1v) is 5.26. The Labute approximate surface area is 93.7 Å². The Bertz CT molecular complexity index is 405. The highest BCUT2D eigenvalue weighted by Crippen LogP contribution is 2.19. The van der Waals surface area contributed by atoms with Crippen molar-refractivity contribution < 1.29 is 9.59 Å². The van der Waals surface area contributed by atoms with Crippen molar-refractivity contribution in [2.75, 3.05) is 18.0 Å². The fraction of sp³-hybridized carbons (Fsp3) is 0.364. The van der Waals surface area contributed by atoms with Crippen LogP contribution in [0.15, 0.2) is 24.5 Å². The standard InChI is InChI=1S/C11H13N3O2/c1-2-6-13-8-10(15)14(11(13)16)9-4-3-5-12-7-9/h3-5,7H,2,6,8H2,1H3. The van der Waals surface area contributed by atoms with Crippen molar-refractivity contribution >= 4 is 17.6 Å². The maximum Gasteiger partial charge on any atom is 0.331 e. The lowest BCUT2D eigenvalue weighted by Gasteiger charge is -2.15. The lowest BCUT2D eigenvalue weighted by Crippen LogP contribution is -2.33. The molecule has 0 bridgehead atoms. The van der Waals surface area contributed by atoms with Crippen LogP contribution in [0.4, 0.5) is 10.5 Å². The molecule has 1 aromatic heterocycles. The van der Waals surface area contributed by atoms with E-state index < -0.39 is 0 Å². The number of hydrogen-bond donors (Lipinski definition) is 0. The highest BCUT2D eigenvalue weighted by atomic mass is 16.2. The van der Waals surface area contributed by atoms with Crippen molar-refractivity contribution in [3.63, 3.8) is 0 Å². The van der Waals surface area contributed by atoms with Gasteiger partial charge in [-0.05, 0) is 18.6 Å². The van der Waals surface area contributed by atoms with Gasteiger partial charge in [0.15, 0.2) is 0 Å². The summed E-state index contributed by atoms with van der Waals surface area (Å²) in [5, 5.41) is 0. The molecule has 0 spiro atoms. The van der Waals surface area contributed by atoms with E-state index in [1.54, 1.807) is 23.2 Å². The van der Waals surface area contributed by atoms with Gasteiger partial charge in [-0.15, -0.1) is 0 Å². The largest absolute Gasteiger partial charge is 0.331 e. The molecule has 1 fully saturated rings. The van der Waals surface area contributed by atoms with E-state index >= 15 is 0 Å². The summed E-state index contributed by atoms with van der Waals surface area (Å²) in [6, 6.07) is 3.16. The van der Waals surface area contributed by atoms with Crippen LogP contribution < -0.4 is 4.90 Å². The maximum absolute atomic E-state index is 11.9. The van der Waals surface area contributed by atoms with Gasteiger partial charge in [-0.1, -0.05) is 6.92 Å². The van der Waals surface area contributed by atoms with Crippen LogP contribution in [0.25, 0.3) is 0 Å². The number of rotatable bonds is 3. The lowest BCUT2D eigenvalue weighted by molar-refractivity contribution is -0.116. The van der Waals surface area contributed by atoms with Gasteiger partial charge in [0.2, 0.25) is 0 Å². The monoisotopic (exact) mass is 219 g/mol. The van der Waals surface area contributed by atoms with Crippen LogP contribution in [0.2, 0.25) is 0 Å². The van der Waals surface area contributed by atoms with Crippen molar-refractivity contribution in [2.24, 2.45) is 0 Å². The predicted molar refractivity (Wildman–Crippen MR) is 59.0 cm³/mol. The average molecular weight is 219 g/mol. The Morgan fingerprint density at radius 3 is 2.88 bits per heavy atom. The number of carbonyl (C=O) groups excluding carboxylic acids is 2. The Hall–Kier alpha value is -1.91. The van der Waals surface area contributed by atoms with Gasteiger partial charge in [0.05, 0.1) is 11.9 Å². The van der Waals surface area contributed by atoms with Gasteiger partial charge in [-0.25, -0.2) is 9.69 Å². The van der Waals surface area contributed by atoms with E-state index in [9.17, 15) is 9.59 Å². The first-order chi connectivity index (χ1) is 7.74. The second kappa shape index (κ2) is 4.30. The Kier molecular flexibility index (Phi) is 2.85. The highest BCUT2D eigenvalue weighted by Gasteiger charge is 2.36. The molecule has 0 unspecified atom stereocenters. The number of urea groups is 1. The zero-order valence-corrected chi connectivity index (χ0v) is 9.09. The van der Waals surface area contributed by atoms with Crippen LogP contribution >= 0.6 is 0 Å². The second-order valence-electron chi connectivity index (χ2n) is 3.64.